The average Bonchev–Trinajstić information content (AvgIpc) is 2.81. The van der Waals surface area contributed by atoms with Crippen LogP contribution >= 0.6 is 11.6 Å². The maximum Gasteiger partial charge on any atom is 0.305 e. The molecule has 3 nitrogen and oxygen atoms in total. The van der Waals surface area contributed by atoms with Gasteiger partial charge in [-0.25, -0.2) is 0 Å². The van der Waals surface area contributed by atoms with Crippen LogP contribution in [0.2, 0.25) is 5.02 Å². The van der Waals surface area contributed by atoms with Crippen molar-refractivity contribution in [2.24, 2.45) is 0 Å². The first-order valence-corrected chi connectivity index (χ1v) is 6.63. The van der Waals surface area contributed by atoms with Crippen LogP contribution in [-0.2, 0) is 10.3 Å². The second kappa shape index (κ2) is 5.29. The number of carbonyl (C=O) groups is 1. The van der Waals surface area contributed by atoms with Gasteiger partial charge in [0, 0.05) is 5.02 Å². The van der Waals surface area contributed by atoms with Crippen molar-refractivity contribution in [3.8, 4) is 0 Å². The number of hydrogen-bond donors (Lipinski definition) is 1. The zero-order chi connectivity index (χ0) is 13.2. The van der Waals surface area contributed by atoms with E-state index >= 15 is 0 Å². The SMILES string of the molecule is CC(CC(=O)O)(c1cccc(Cl)c1)N1CCCC1. The van der Waals surface area contributed by atoms with Gasteiger partial charge in [-0.2, -0.15) is 0 Å². The lowest BCUT2D eigenvalue weighted by Crippen LogP contribution is -2.43. The van der Waals surface area contributed by atoms with Crippen LogP contribution < -0.4 is 0 Å². The molecule has 1 N–H and O–H groups in total. The van der Waals surface area contributed by atoms with Crippen LogP contribution in [0, 0.1) is 0 Å². The van der Waals surface area contributed by atoms with Crippen molar-refractivity contribution in [3.63, 3.8) is 0 Å². The molecule has 1 aromatic carbocycles. The first-order chi connectivity index (χ1) is 8.52. The lowest BCUT2D eigenvalue weighted by atomic mass is 9.87. The molecule has 1 heterocycles. The van der Waals surface area contributed by atoms with Crippen LogP contribution in [0.15, 0.2) is 24.3 Å². The summed E-state index contributed by atoms with van der Waals surface area (Å²) in [6.07, 6.45) is 2.37. The fraction of sp³-hybridized carbons (Fsp3) is 0.500. The Morgan fingerprint density at radius 3 is 2.67 bits per heavy atom. The second-order valence-corrected chi connectivity index (χ2v) is 5.49. The summed E-state index contributed by atoms with van der Waals surface area (Å²) in [6, 6.07) is 7.54. The molecule has 1 fully saturated rings. The molecular formula is C14H18ClNO2. The number of carboxylic acids is 1. The summed E-state index contributed by atoms with van der Waals surface area (Å²) in [7, 11) is 0. The molecule has 0 spiro atoms. The molecule has 2 rings (SSSR count). The van der Waals surface area contributed by atoms with E-state index in [-0.39, 0.29) is 6.42 Å². The van der Waals surface area contributed by atoms with E-state index in [2.05, 4.69) is 4.90 Å². The maximum atomic E-state index is 11.2. The van der Waals surface area contributed by atoms with Crippen molar-refractivity contribution in [1.29, 1.82) is 0 Å². The largest absolute Gasteiger partial charge is 0.481 e. The van der Waals surface area contributed by atoms with Crippen LogP contribution in [-0.4, -0.2) is 29.1 Å². The molecule has 1 aliphatic heterocycles. The van der Waals surface area contributed by atoms with E-state index in [1.165, 1.54) is 0 Å². The first-order valence-electron chi connectivity index (χ1n) is 6.25. The van der Waals surface area contributed by atoms with Gasteiger partial charge in [0.05, 0.1) is 12.0 Å². The minimum absolute atomic E-state index is 0.105. The topological polar surface area (TPSA) is 40.5 Å². The summed E-state index contributed by atoms with van der Waals surface area (Å²) in [5, 5.41) is 9.84. The third kappa shape index (κ3) is 2.68. The summed E-state index contributed by atoms with van der Waals surface area (Å²) in [5.74, 6) is -0.774. The van der Waals surface area contributed by atoms with Crippen LogP contribution in [0.5, 0.6) is 0 Å². The summed E-state index contributed by atoms with van der Waals surface area (Å²) in [6.45, 7) is 3.91. The zero-order valence-corrected chi connectivity index (χ0v) is 11.3. The molecule has 1 saturated heterocycles. The summed E-state index contributed by atoms with van der Waals surface area (Å²) >= 11 is 6.03. The van der Waals surface area contributed by atoms with E-state index in [4.69, 9.17) is 11.6 Å². The van der Waals surface area contributed by atoms with E-state index < -0.39 is 11.5 Å². The Balaban J connectivity index is 2.37. The fourth-order valence-electron chi connectivity index (χ4n) is 2.73. The Kier molecular flexibility index (Phi) is 3.93. The molecule has 0 radical (unpaired) electrons. The Bertz CT molecular complexity index is 443. The van der Waals surface area contributed by atoms with Crippen LogP contribution in [0.3, 0.4) is 0 Å². The molecule has 0 aliphatic carbocycles. The summed E-state index contributed by atoms with van der Waals surface area (Å²) in [5.41, 5.74) is 0.520. The number of rotatable bonds is 4. The Labute approximate surface area is 112 Å². The van der Waals surface area contributed by atoms with Gasteiger partial charge in [-0.1, -0.05) is 23.7 Å². The van der Waals surface area contributed by atoms with Gasteiger partial charge in [0.1, 0.15) is 0 Å². The van der Waals surface area contributed by atoms with Crippen LogP contribution in [0.4, 0.5) is 0 Å². The number of aliphatic carboxylic acids is 1. The monoisotopic (exact) mass is 267 g/mol. The fourth-order valence-corrected chi connectivity index (χ4v) is 2.92. The zero-order valence-electron chi connectivity index (χ0n) is 10.5. The van der Waals surface area contributed by atoms with Crippen molar-refractivity contribution in [2.75, 3.05) is 13.1 Å². The molecule has 98 valence electrons. The van der Waals surface area contributed by atoms with Gasteiger partial charge < -0.3 is 5.11 Å². The second-order valence-electron chi connectivity index (χ2n) is 5.05. The lowest BCUT2D eigenvalue weighted by Gasteiger charge is -2.38. The van der Waals surface area contributed by atoms with E-state index in [9.17, 15) is 9.90 Å². The number of halogens is 1. The van der Waals surface area contributed by atoms with Gasteiger partial charge in [0.25, 0.3) is 0 Å². The summed E-state index contributed by atoms with van der Waals surface area (Å²) < 4.78 is 0. The van der Waals surface area contributed by atoms with Crippen molar-refractivity contribution in [3.05, 3.63) is 34.9 Å². The van der Waals surface area contributed by atoms with E-state index in [0.29, 0.717) is 5.02 Å². The molecule has 1 atom stereocenters. The van der Waals surface area contributed by atoms with E-state index in [0.717, 1.165) is 31.5 Å². The number of benzene rings is 1. The standard InChI is InChI=1S/C14H18ClNO2/c1-14(10-13(17)18,16-7-2-3-8-16)11-5-4-6-12(15)9-11/h4-6,9H,2-3,7-8,10H2,1H3,(H,17,18). The molecule has 0 bridgehead atoms. The van der Waals surface area contributed by atoms with Gasteiger partial charge in [0.15, 0.2) is 0 Å². The van der Waals surface area contributed by atoms with Crippen molar-refractivity contribution in [1.82, 2.24) is 4.90 Å². The van der Waals surface area contributed by atoms with Gasteiger partial charge in [-0.3, -0.25) is 9.69 Å². The van der Waals surface area contributed by atoms with Crippen molar-refractivity contribution < 1.29 is 9.90 Å². The molecule has 18 heavy (non-hydrogen) atoms. The molecule has 1 aliphatic rings. The lowest BCUT2D eigenvalue weighted by molar-refractivity contribution is -0.140. The maximum absolute atomic E-state index is 11.2. The molecule has 0 aromatic heterocycles. The van der Waals surface area contributed by atoms with Gasteiger partial charge >= 0.3 is 5.97 Å². The van der Waals surface area contributed by atoms with Gasteiger partial charge in [-0.05, 0) is 50.6 Å². The third-order valence-electron chi connectivity index (χ3n) is 3.75. The van der Waals surface area contributed by atoms with Gasteiger partial charge in [0.2, 0.25) is 0 Å². The van der Waals surface area contributed by atoms with Crippen LogP contribution in [0.25, 0.3) is 0 Å². The van der Waals surface area contributed by atoms with Crippen LogP contribution in [0.1, 0.15) is 31.7 Å². The molecule has 4 heteroatoms. The predicted octanol–water partition coefficient (Wildman–Crippen LogP) is 3.13. The summed E-state index contributed by atoms with van der Waals surface area (Å²) in [4.78, 5) is 13.4. The highest BCUT2D eigenvalue weighted by Gasteiger charge is 2.37. The minimum Gasteiger partial charge on any atom is -0.481 e. The Hall–Kier alpha value is -1.06. The molecular weight excluding hydrogens is 250 g/mol. The number of nitrogens with zero attached hydrogens (tertiary/aromatic N) is 1. The minimum atomic E-state index is -0.774. The normalized spacial score (nSPS) is 19.7. The number of hydrogen-bond acceptors (Lipinski definition) is 2. The highest BCUT2D eigenvalue weighted by atomic mass is 35.5. The molecule has 0 saturated carbocycles. The predicted molar refractivity (Wildman–Crippen MR) is 71.9 cm³/mol. The highest BCUT2D eigenvalue weighted by Crippen LogP contribution is 2.35. The third-order valence-corrected chi connectivity index (χ3v) is 3.98. The van der Waals surface area contributed by atoms with E-state index in [1.807, 2.05) is 31.2 Å². The Morgan fingerprint density at radius 2 is 2.11 bits per heavy atom. The van der Waals surface area contributed by atoms with Gasteiger partial charge in [-0.15, -0.1) is 0 Å². The molecule has 1 aromatic rings. The van der Waals surface area contributed by atoms with Crippen molar-refractivity contribution >= 4 is 17.6 Å². The Morgan fingerprint density at radius 1 is 1.44 bits per heavy atom. The van der Waals surface area contributed by atoms with Crippen molar-refractivity contribution in [2.45, 2.75) is 31.7 Å². The first kappa shape index (κ1) is 13.4. The average molecular weight is 268 g/mol. The highest BCUT2D eigenvalue weighted by molar-refractivity contribution is 6.30. The molecule has 0 amide bonds. The van der Waals surface area contributed by atoms with E-state index in [1.54, 1.807) is 0 Å². The molecule has 1 unspecified atom stereocenters. The number of likely N-dealkylation sites (tertiary alicyclic amines) is 1. The number of carboxylic acid groups (broad SMARTS) is 1. The smallest absolute Gasteiger partial charge is 0.305 e. The quantitative estimate of drug-likeness (QED) is 0.911.